The molecule has 1 N–H and O–H groups in total. The number of nitrogens with one attached hydrogen (secondary N) is 1. The van der Waals surface area contributed by atoms with Crippen molar-refractivity contribution < 1.29 is 23.7 Å². The second-order valence-corrected chi connectivity index (χ2v) is 5.78. The molecule has 1 atom stereocenters. The van der Waals surface area contributed by atoms with Crippen LogP contribution in [0.2, 0.25) is 0 Å². The molecule has 0 spiro atoms. The molecule has 0 aliphatic carbocycles. The number of amides is 1. The lowest BCUT2D eigenvalue weighted by Gasteiger charge is -2.17. The maximum atomic E-state index is 12.3. The number of hydrogen-bond donors (Lipinski definition) is 1. The van der Waals surface area contributed by atoms with Gasteiger partial charge in [-0.1, -0.05) is 6.07 Å². The molecule has 0 aromatic heterocycles. The summed E-state index contributed by atoms with van der Waals surface area (Å²) in [6.45, 7) is 2.12. The van der Waals surface area contributed by atoms with E-state index in [0.29, 0.717) is 23.0 Å². The highest BCUT2D eigenvalue weighted by atomic mass is 16.7. The summed E-state index contributed by atoms with van der Waals surface area (Å²) in [7, 11) is 3.20. The van der Waals surface area contributed by atoms with Crippen molar-refractivity contribution in [3.8, 4) is 23.0 Å². The zero-order valence-corrected chi connectivity index (χ0v) is 14.9. The highest BCUT2D eigenvalue weighted by molar-refractivity contribution is 5.92. The lowest BCUT2D eigenvalue weighted by Crippen LogP contribution is -2.25. The van der Waals surface area contributed by atoms with E-state index in [1.165, 1.54) is 6.08 Å². The lowest BCUT2D eigenvalue weighted by molar-refractivity contribution is -0.117. The number of ether oxygens (including phenoxy) is 4. The first-order chi connectivity index (χ1) is 12.6. The Morgan fingerprint density at radius 2 is 1.92 bits per heavy atom. The van der Waals surface area contributed by atoms with Gasteiger partial charge in [0.2, 0.25) is 12.7 Å². The Balaban J connectivity index is 1.68. The van der Waals surface area contributed by atoms with Crippen LogP contribution < -0.4 is 24.3 Å². The second-order valence-electron chi connectivity index (χ2n) is 5.78. The molecular formula is C20H21NO5. The van der Waals surface area contributed by atoms with E-state index in [2.05, 4.69) is 5.32 Å². The van der Waals surface area contributed by atoms with Crippen LogP contribution in [0.25, 0.3) is 6.08 Å². The largest absolute Gasteiger partial charge is 0.497 e. The summed E-state index contributed by atoms with van der Waals surface area (Å²) in [5.74, 6) is 2.59. The average molecular weight is 355 g/mol. The Morgan fingerprint density at radius 3 is 2.69 bits per heavy atom. The lowest BCUT2D eigenvalue weighted by atomic mass is 10.1. The van der Waals surface area contributed by atoms with Crippen molar-refractivity contribution in [2.24, 2.45) is 0 Å². The Hall–Kier alpha value is -3.15. The van der Waals surface area contributed by atoms with Crippen LogP contribution in [0.5, 0.6) is 23.0 Å². The van der Waals surface area contributed by atoms with Gasteiger partial charge in [-0.15, -0.1) is 0 Å². The van der Waals surface area contributed by atoms with Crippen molar-refractivity contribution >= 4 is 12.0 Å². The summed E-state index contributed by atoms with van der Waals surface area (Å²) in [5.41, 5.74) is 1.70. The summed E-state index contributed by atoms with van der Waals surface area (Å²) >= 11 is 0. The van der Waals surface area contributed by atoms with Crippen LogP contribution in [0.1, 0.15) is 24.1 Å². The Labute approximate surface area is 152 Å². The van der Waals surface area contributed by atoms with Crippen molar-refractivity contribution in [1.82, 2.24) is 5.32 Å². The fourth-order valence-electron chi connectivity index (χ4n) is 2.71. The fraction of sp³-hybridized carbons (Fsp3) is 0.250. The Morgan fingerprint density at radius 1 is 1.12 bits per heavy atom. The molecule has 6 heteroatoms. The van der Waals surface area contributed by atoms with Crippen LogP contribution in [0.3, 0.4) is 0 Å². The number of methoxy groups -OCH3 is 2. The topological polar surface area (TPSA) is 66.0 Å². The normalized spacial score (nSPS) is 13.5. The van der Waals surface area contributed by atoms with Gasteiger partial charge in [0.15, 0.2) is 11.5 Å². The van der Waals surface area contributed by atoms with Gasteiger partial charge in [-0.3, -0.25) is 4.79 Å². The fourth-order valence-corrected chi connectivity index (χ4v) is 2.71. The third-order valence-corrected chi connectivity index (χ3v) is 4.09. The smallest absolute Gasteiger partial charge is 0.244 e. The van der Waals surface area contributed by atoms with Crippen LogP contribution in [-0.4, -0.2) is 26.9 Å². The Kier molecular flexibility index (Phi) is 5.31. The minimum atomic E-state index is -0.242. The zero-order chi connectivity index (χ0) is 18.5. The van der Waals surface area contributed by atoms with Gasteiger partial charge in [0, 0.05) is 11.6 Å². The highest BCUT2D eigenvalue weighted by Crippen LogP contribution is 2.33. The van der Waals surface area contributed by atoms with Crippen molar-refractivity contribution in [2.45, 2.75) is 13.0 Å². The quantitative estimate of drug-likeness (QED) is 0.805. The van der Waals surface area contributed by atoms with Crippen LogP contribution in [0.4, 0.5) is 0 Å². The van der Waals surface area contributed by atoms with Gasteiger partial charge in [-0.2, -0.15) is 0 Å². The van der Waals surface area contributed by atoms with Crippen molar-refractivity contribution in [2.75, 3.05) is 21.0 Å². The predicted molar refractivity (Wildman–Crippen MR) is 97.7 cm³/mol. The van der Waals surface area contributed by atoms with Crippen LogP contribution >= 0.6 is 0 Å². The molecule has 2 aromatic rings. The first-order valence-electron chi connectivity index (χ1n) is 8.21. The van der Waals surface area contributed by atoms with Gasteiger partial charge in [0.25, 0.3) is 0 Å². The van der Waals surface area contributed by atoms with E-state index in [-0.39, 0.29) is 18.7 Å². The number of hydrogen-bond acceptors (Lipinski definition) is 5. The molecule has 0 saturated heterocycles. The van der Waals surface area contributed by atoms with E-state index in [4.69, 9.17) is 18.9 Å². The summed E-state index contributed by atoms with van der Waals surface area (Å²) < 4.78 is 21.2. The molecule has 1 aliphatic rings. The van der Waals surface area contributed by atoms with Gasteiger partial charge in [-0.25, -0.2) is 0 Å². The monoisotopic (exact) mass is 355 g/mol. The van der Waals surface area contributed by atoms with E-state index in [0.717, 1.165) is 11.1 Å². The number of carbonyl (C=O) groups is 1. The van der Waals surface area contributed by atoms with Crippen molar-refractivity contribution in [3.05, 3.63) is 53.6 Å². The highest BCUT2D eigenvalue weighted by Gasteiger charge is 2.15. The summed E-state index contributed by atoms with van der Waals surface area (Å²) in [6.07, 6.45) is 3.22. The Bertz CT molecular complexity index is 831. The van der Waals surface area contributed by atoms with Crippen LogP contribution in [0.15, 0.2) is 42.5 Å². The van der Waals surface area contributed by atoms with Crippen LogP contribution in [-0.2, 0) is 4.79 Å². The van der Waals surface area contributed by atoms with Crippen LogP contribution in [0, 0.1) is 0 Å². The number of benzene rings is 2. The predicted octanol–water partition coefficient (Wildman–Crippen LogP) is 3.32. The van der Waals surface area contributed by atoms with Gasteiger partial charge in [-0.05, 0) is 48.9 Å². The van der Waals surface area contributed by atoms with E-state index in [9.17, 15) is 4.79 Å². The van der Waals surface area contributed by atoms with Crippen molar-refractivity contribution in [3.63, 3.8) is 0 Å². The minimum absolute atomic E-state index is 0.208. The molecule has 0 saturated carbocycles. The molecule has 0 unspecified atom stereocenters. The van der Waals surface area contributed by atoms with E-state index in [1.54, 1.807) is 20.3 Å². The first-order valence-corrected chi connectivity index (χ1v) is 8.21. The first kappa shape index (κ1) is 17.7. The molecule has 0 fully saturated rings. The molecule has 0 radical (unpaired) electrons. The standard InChI is InChI=1S/C20H21NO5/c1-13(16-11-15(23-2)6-8-17(16)24-3)21-20(22)9-5-14-4-7-18-19(10-14)26-12-25-18/h4-11,13H,12H2,1-3H3,(H,21,22)/b9-5+/t13-/m0/s1. The van der Waals surface area contributed by atoms with E-state index < -0.39 is 0 Å². The van der Waals surface area contributed by atoms with Gasteiger partial charge >= 0.3 is 0 Å². The summed E-state index contributed by atoms with van der Waals surface area (Å²) in [4.78, 5) is 12.3. The maximum absolute atomic E-state index is 12.3. The van der Waals surface area contributed by atoms with E-state index >= 15 is 0 Å². The summed E-state index contributed by atoms with van der Waals surface area (Å²) in [6, 6.07) is 10.8. The molecule has 6 nitrogen and oxygen atoms in total. The second kappa shape index (κ2) is 7.82. The van der Waals surface area contributed by atoms with Gasteiger partial charge in [0.1, 0.15) is 11.5 Å². The minimum Gasteiger partial charge on any atom is -0.497 e. The molecule has 3 rings (SSSR count). The molecule has 0 bridgehead atoms. The number of carbonyl (C=O) groups excluding carboxylic acids is 1. The van der Waals surface area contributed by atoms with E-state index in [1.807, 2.05) is 43.3 Å². The molecule has 2 aromatic carbocycles. The molecule has 26 heavy (non-hydrogen) atoms. The van der Waals surface area contributed by atoms with Gasteiger partial charge < -0.3 is 24.3 Å². The summed E-state index contributed by atoms with van der Waals surface area (Å²) in [5, 5.41) is 2.93. The van der Waals surface area contributed by atoms with Crippen molar-refractivity contribution in [1.29, 1.82) is 0 Å². The molecular weight excluding hydrogens is 334 g/mol. The third-order valence-electron chi connectivity index (χ3n) is 4.09. The zero-order valence-electron chi connectivity index (χ0n) is 14.9. The molecule has 1 amide bonds. The third kappa shape index (κ3) is 3.91. The average Bonchev–Trinajstić information content (AvgIpc) is 3.13. The molecule has 1 heterocycles. The maximum Gasteiger partial charge on any atom is 0.244 e. The molecule has 136 valence electrons. The number of rotatable bonds is 6. The SMILES string of the molecule is COc1ccc(OC)c([C@H](C)NC(=O)/C=C/c2ccc3c(c2)OCO3)c1. The molecule has 1 aliphatic heterocycles. The number of fused-ring (bicyclic) bond motifs is 1. The van der Waals surface area contributed by atoms with Gasteiger partial charge in [0.05, 0.1) is 20.3 Å².